The van der Waals surface area contributed by atoms with Crippen LogP contribution in [0.25, 0.3) is 0 Å². The van der Waals surface area contributed by atoms with Crippen molar-refractivity contribution >= 4 is 17.6 Å². The van der Waals surface area contributed by atoms with Gasteiger partial charge in [0.15, 0.2) is 17.7 Å². The predicted octanol–water partition coefficient (Wildman–Crippen LogP) is 4.86. The molecule has 2 rings (SSSR count). The molecule has 0 aliphatic heterocycles. The number of nitrogens with one attached hydrogen (secondary N) is 1. The summed E-state index contributed by atoms with van der Waals surface area (Å²) in [4.78, 5) is 40.9. The number of halogens is 4. The summed E-state index contributed by atoms with van der Waals surface area (Å²) in [6.07, 6.45) is 1.12. The molecule has 0 radical (unpaired) electrons. The summed E-state index contributed by atoms with van der Waals surface area (Å²) in [5.74, 6) is -4.49. The summed E-state index contributed by atoms with van der Waals surface area (Å²) in [5.41, 5.74) is 1.54. The number of benzene rings is 1. The van der Waals surface area contributed by atoms with Crippen molar-refractivity contribution in [1.29, 1.82) is 0 Å². The van der Waals surface area contributed by atoms with Gasteiger partial charge < -0.3 is 15.0 Å². The van der Waals surface area contributed by atoms with E-state index in [1.54, 1.807) is 18.5 Å². The number of hydrogen-bond acceptors (Lipinski definition) is 9. The van der Waals surface area contributed by atoms with Crippen LogP contribution in [0.3, 0.4) is 0 Å². The lowest BCUT2D eigenvalue weighted by molar-refractivity contribution is -0.289. The first-order valence-electron chi connectivity index (χ1n) is 12.6. The number of ether oxygens (including phenoxy) is 1. The van der Waals surface area contributed by atoms with Crippen molar-refractivity contribution < 1.29 is 41.7 Å². The van der Waals surface area contributed by atoms with E-state index in [2.05, 4.69) is 32.0 Å². The average molecular weight is 559 g/mol. The minimum atomic E-state index is -5.33. The molecule has 0 saturated heterocycles. The zero-order valence-corrected chi connectivity index (χ0v) is 22.4. The maximum Gasteiger partial charge on any atom is 0.495 e. The number of anilines is 1. The SMILES string of the molecule is CCCCCC(NCCc1ccc(OC(CC)C(=O)OOC(=O)C(F)(F)F)c(F)c1)c1ncc(N(C)C)cn1. The van der Waals surface area contributed by atoms with Gasteiger partial charge in [0, 0.05) is 14.1 Å². The van der Waals surface area contributed by atoms with Crippen molar-refractivity contribution in [2.45, 2.75) is 70.7 Å². The fourth-order valence-electron chi connectivity index (χ4n) is 3.48. The van der Waals surface area contributed by atoms with E-state index in [0.717, 1.165) is 31.4 Å². The predicted molar refractivity (Wildman–Crippen MR) is 134 cm³/mol. The van der Waals surface area contributed by atoms with Gasteiger partial charge in [0.1, 0.15) is 5.82 Å². The summed E-state index contributed by atoms with van der Waals surface area (Å²) in [6, 6.07) is 4.09. The Morgan fingerprint density at radius 3 is 2.33 bits per heavy atom. The minimum Gasteiger partial charge on any atom is -0.475 e. The van der Waals surface area contributed by atoms with E-state index >= 15 is 0 Å². The van der Waals surface area contributed by atoms with Crippen LogP contribution in [0.2, 0.25) is 0 Å². The van der Waals surface area contributed by atoms with Gasteiger partial charge in [0.2, 0.25) is 0 Å². The molecule has 0 aliphatic rings. The lowest BCUT2D eigenvalue weighted by Gasteiger charge is -2.19. The molecule has 1 heterocycles. The molecule has 0 aliphatic carbocycles. The van der Waals surface area contributed by atoms with E-state index in [-0.39, 0.29) is 18.2 Å². The first-order chi connectivity index (χ1) is 18.5. The second kappa shape index (κ2) is 15.2. The van der Waals surface area contributed by atoms with E-state index in [0.29, 0.717) is 24.4 Å². The van der Waals surface area contributed by atoms with Crippen LogP contribution in [0.4, 0.5) is 23.2 Å². The van der Waals surface area contributed by atoms with Crippen LogP contribution in [0.5, 0.6) is 5.75 Å². The monoisotopic (exact) mass is 558 g/mol. The van der Waals surface area contributed by atoms with Crippen LogP contribution < -0.4 is 15.0 Å². The van der Waals surface area contributed by atoms with Crippen molar-refractivity contribution in [1.82, 2.24) is 15.3 Å². The molecule has 1 aromatic carbocycles. The van der Waals surface area contributed by atoms with E-state index in [4.69, 9.17) is 4.74 Å². The molecule has 0 saturated carbocycles. The number of rotatable bonds is 14. The third-order valence-corrected chi connectivity index (χ3v) is 5.72. The van der Waals surface area contributed by atoms with Gasteiger partial charge >= 0.3 is 18.1 Å². The molecule has 2 aromatic rings. The lowest BCUT2D eigenvalue weighted by atomic mass is 10.1. The molecule has 39 heavy (non-hydrogen) atoms. The average Bonchev–Trinajstić information content (AvgIpc) is 2.89. The summed E-state index contributed by atoms with van der Waals surface area (Å²) >= 11 is 0. The molecule has 1 aromatic heterocycles. The highest BCUT2D eigenvalue weighted by atomic mass is 19.4. The van der Waals surface area contributed by atoms with Gasteiger partial charge in [-0.3, -0.25) is 0 Å². The third-order valence-electron chi connectivity index (χ3n) is 5.72. The van der Waals surface area contributed by atoms with Gasteiger partial charge in [-0.2, -0.15) is 13.2 Å². The van der Waals surface area contributed by atoms with Crippen molar-refractivity contribution in [2.75, 3.05) is 25.5 Å². The number of nitrogens with zero attached hydrogens (tertiary/aromatic N) is 3. The van der Waals surface area contributed by atoms with Crippen molar-refractivity contribution in [3.8, 4) is 5.75 Å². The molecule has 0 spiro atoms. The fourth-order valence-corrected chi connectivity index (χ4v) is 3.48. The van der Waals surface area contributed by atoms with E-state index in [1.165, 1.54) is 19.1 Å². The van der Waals surface area contributed by atoms with Crippen LogP contribution >= 0.6 is 0 Å². The number of alkyl halides is 3. The van der Waals surface area contributed by atoms with E-state index in [9.17, 15) is 27.2 Å². The Balaban J connectivity index is 1.96. The highest BCUT2D eigenvalue weighted by molar-refractivity contribution is 5.78. The Morgan fingerprint density at radius 1 is 1.08 bits per heavy atom. The van der Waals surface area contributed by atoms with Crippen LogP contribution in [0.1, 0.15) is 63.4 Å². The Morgan fingerprint density at radius 2 is 1.77 bits per heavy atom. The molecule has 0 fully saturated rings. The normalized spacial score (nSPS) is 12.9. The third kappa shape index (κ3) is 10.3. The number of hydrogen-bond donors (Lipinski definition) is 1. The topological polar surface area (TPSA) is 103 Å². The van der Waals surface area contributed by atoms with Gasteiger partial charge in [-0.25, -0.2) is 33.7 Å². The molecular formula is C26H34F4N4O5. The maximum atomic E-state index is 14.7. The first-order valence-corrected chi connectivity index (χ1v) is 12.6. The van der Waals surface area contributed by atoms with Gasteiger partial charge in [0.25, 0.3) is 0 Å². The Kier molecular flexibility index (Phi) is 12.4. The molecular weight excluding hydrogens is 524 g/mol. The number of unbranched alkanes of at least 4 members (excludes halogenated alkanes) is 2. The second-order valence-corrected chi connectivity index (χ2v) is 9.00. The zero-order chi connectivity index (χ0) is 29.0. The quantitative estimate of drug-likeness (QED) is 0.151. The molecule has 1 N–H and O–H groups in total. The maximum absolute atomic E-state index is 14.7. The summed E-state index contributed by atoms with van der Waals surface area (Å²) in [6.45, 7) is 4.11. The molecule has 0 amide bonds. The van der Waals surface area contributed by atoms with Crippen molar-refractivity contribution in [3.63, 3.8) is 0 Å². The lowest BCUT2D eigenvalue weighted by Crippen LogP contribution is -2.32. The van der Waals surface area contributed by atoms with Crippen LogP contribution in [-0.2, 0) is 25.8 Å². The Labute approximate surface area is 224 Å². The molecule has 9 nitrogen and oxygen atoms in total. The van der Waals surface area contributed by atoms with E-state index in [1.807, 2.05) is 19.0 Å². The number of carbonyl (C=O) groups is 2. The standard InChI is InChI=1S/C26H34F4N4O5/c1-5-7-8-9-20(23-32-15-18(16-33-23)34(3)4)31-13-12-17-10-11-22(19(27)14-17)37-21(6-2)24(35)38-39-25(36)26(28,29)30/h10-11,14-16,20-21,31H,5-9,12-13H2,1-4H3. The zero-order valence-electron chi connectivity index (χ0n) is 22.4. The molecule has 0 bridgehead atoms. The van der Waals surface area contributed by atoms with Gasteiger partial charge in [-0.1, -0.05) is 39.2 Å². The molecule has 2 unspecified atom stereocenters. The fraction of sp³-hybridized carbons (Fsp3) is 0.538. The summed E-state index contributed by atoms with van der Waals surface area (Å²) < 4.78 is 56.5. The molecule has 2 atom stereocenters. The second-order valence-electron chi connectivity index (χ2n) is 9.00. The Hall–Kier alpha value is -3.48. The summed E-state index contributed by atoms with van der Waals surface area (Å²) in [5, 5.41) is 3.44. The number of aromatic nitrogens is 2. The smallest absolute Gasteiger partial charge is 0.475 e. The van der Waals surface area contributed by atoms with E-state index < -0.39 is 30.0 Å². The highest BCUT2D eigenvalue weighted by Crippen LogP contribution is 2.23. The van der Waals surface area contributed by atoms with Crippen LogP contribution in [-0.4, -0.2) is 54.8 Å². The molecule has 13 heteroatoms. The largest absolute Gasteiger partial charge is 0.495 e. The Bertz CT molecular complexity index is 1070. The van der Waals surface area contributed by atoms with Gasteiger partial charge in [0.05, 0.1) is 24.1 Å². The minimum absolute atomic E-state index is 0.0667. The van der Waals surface area contributed by atoms with Crippen LogP contribution in [0.15, 0.2) is 30.6 Å². The van der Waals surface area contributed by atoms with Crippen molar-refractivity contribution in [3.05, 3.63) is 47.8 Å². The molecule has 216 valence electrons. The van der Waals surface area contributed by atoms with Gasteiger partial charge in [-0.15, -0.1) is 0 Å². The highest BCUT2D eigenvalue weighted by Gasteiger charge is 2.43. The van der Waals surface area contributed by atoms with Gasteiger partial charge in [-0.05, 0) is 43.5 Å². The van der Waals surface area contributed by atoms with Crippen molar-refractivity contribution in [2.24, 2.45) is 0 Å². The number of carbonyl (C=O) groups excluding carboxylic acids is 2. The first kappa shape index (κ1) is 31.7. The summed E-state index contributed by atoms with van der Waals surface area (Å²) in [7, 11) is 3.82. The van der Waals surface area contributed by atoms with Crippen LogP contribution in [0, 0.1) is 5.82 Å².